The number of benzene rings is 3. The number of ether oxygens (including phenoxy) is 2. The predicted molar refractivity (Wildman–Crippen MR) is 122 cm³/mol. The van der Waals surface area contributed by atoms with Crippen LogP contribution >= 0.6 is 0 Å². The summed E-state index contributed by atoms with van der Waals surface area (Å²) >= 11 is 0. The van der Waals surface area contributed by atoms with E-state index in [1.54, 1.807) is 19.2 Å². The van der Waals surface area contributed by atoms with Crippen LogP contribution < -0.4 is 0 Å². The van der Waals surface area contributed by atoms with Gasteiger partial charge in [-0.1, -0.05) is 30.0 Å². The van der Waals surface area contributed by atoms with Gasteiger partial charge in [0.05, 0.1) is 30.4 Å². The van der Waals surface area contributed by atoms with E-state index >= 15 is 0 Å². The van der Waals surface area contributed by atoms with Crippen LogP contribution in [-0.4, -0.2) is 20.3 Å². The first-order valence-corrected chi connectivity index (χ1v) is 11.1. The molecular weight excluding hydrogens is 463 g/mol. The van der Waals surface area contributed by atoms with Crippen molar-refractivity contribution in [3.05, 3.63) is 94.3 Å². The highest BCUT2D eigenvalue weighted by Gasteiger charge is 2.23. The fraction of sp³-hybridized carbons (Fsp3) is 0.286. The molecule has 1 aliphatic heterocycles. The van der Waals surface area contributed by atoms with Gasteiger partial charge in [-0.05, 0) is 60.4 Å². The lowest BCUT2D eigenvalue weighted by Crippen LogP contribution is -2.24. The molecule has 0 aromatic heterocycles. The Kier molecular flexibility index (Phi) is 7.84. The van der Waals surface area contributed by atoms with Crippen LogP contribution in [0.5, 0.6) is 0 Å². The Hall–Kier alpha value is -3.21. The highest BCUT2D eigenvalue weighted by atomic mass is 19.3. The van der Waals surface area contributed by atoms with Crippen molar-refractivity contribution in [1.29, 1.82) is 0 Å². The van der Waals surface area contributed by atoms with E-state index < -0.39 is 29.4 Å². The van der Waals surface area contributed by atoms with E-state index in [-0.39, 0.29) is 22.8 Å². The number of methoxy groups -OCH3 is 1. The van der Waals surface area contributed by atoms with Crippen LogP contribution in [-0.2, 0) is 9.47 Å². The Bertz CT molecular complexity index is 1250. The third kappa shape index (κ3) is 5.90. The average Bonchev–Trinajstić information content (AvgIpc) is 2.84. The third-order valence-electron chi connectivity index (χ3n) is 5.99. The molecule has 2 nitrogen and oxygen atoms in total. The minimum absolute atomic E-state index is 0.0472. The lowest BCUT2D eigenvalue weighted by molar-refractivity contribution is -0.0373. The zero-order chi connectivity index (χ0) is 24.9. The van der Waals surface area contributed by atoms with Gasteiger partial charge in [-0.25, -0.2) is 22.0 Å². The first-order chi connectivity index (χ1) is 16.9. The molecule has 1 fully saturated rings. The highest BCUT2D eigenvalue weighted by molar-refractivity contribution is 5.66. The molecular formula is C28H23F5O2. The average molecular weight is 486 g/mol. The van der Waals surface area contributed by atoms with E-state index in [1.165, 1.54) is 24.3 Å². The molecule has 2 unspecified atom stereocenters. The Labute approximate surface area is 200 Å². The van der Waals surface area contributed by atoms with Crippen molar-refractivity contribution in [3.63, 3.8) is 0 Å². The van der Waals surface area contributed by atoms with Crippen LogP contribution in [0.1, 0.15) is 47.6 Å². The molecule has 35 heavy (non-hydrogen) atoms. The van der Waals surface area contributed by atoms with Crippen LogP contribution in [0.3, 0.4) is 0 Å². The van der Waals surface area contributed by atoms with Crippen LogP contribution in [0, 0.1) is 35.2 Å². The van der Waals surface area contributed by atoms with Gasteiger partial charge in [0, 0.05) is 24.2 Å². The van der Waals surface area contributed by atoms with E-state index in [0.717, 1.165) is 36.6 Å². The van der Waals surface area contributed by atoms with Gasteiger partial charge in [-0.3, -0.25) is 0 Å². The van der Waals surface area contributed by atoms with Gasteiger partial charge < -0.3 is 9.47 Å². The molecule has 7 heteroatoms. The minimum atomic E-state index is -2.95. The molecule has 0 bridgehead atoms. The third-order valence-corrected chi connectivity index (χ3v) is 5.99. The zero-order valence-electron chi connectivity index (χ0n) is 19.0. The summed E-state index contributed by atoms with van der Waals surface area (Å²) in [5.41, 5.74) is 0.629. The summed E-state index contributed by atoms with van der Waals surface area (Å²) in [6.45, 7) is 1.20. The maximum atomic E-state index is 14.7. The lowest BCUT2D eigenvalue weighted by atomic mass is 9.94. The summed E-state index contributed by atoms with van der Waals surface area (Å²) in [5.74, 6) is 3.48. The number of rotatable bonds is 5. The molecule has 182 valence electrons. The van der Waals surface area contributed by atoms with Crippen LogP contribution in [0.15, 0.2) is 54.6 Å². The Morgan fingerprint density at radius 3 is 2.37 bits per heavy atom. The maximum absolute atomic E-state index is 14.7. The largest absolute Gasteiger partial charge is 0.384 e. The molecule has 1 aliphatic rings. The molecule has 2 atom stereocenters. The summed E-state index contributed by atoms with van der Waals surface area (Å²) in [6, 6.07) is 11.8. The minimum Gasteiger partial charge on any atom is -0.384 e. The molecule has 1 heterocycles. The van der Waals surface area contributed by atoms with Crippen LogP contribution in [0.2, 0.25) is 0 Å². The summed E-state index contributed by atoms with van der Waals surface area (Å²) in [4.78, 5) is 0. The summed E-state index contributed by atoms with van der Waals surface area (Å²) < 4.78 is 79.6. The summed E-state index contributed by atoms with van der Waals surface area (Å²) in [6.07, 6.45) is -1.42. The van der Waals surface area contributed by atoms with Gasteiger partial charge >= 0.3 is 0 Å². The van der Waals surface area contributed by atoms with Crippen LogP contribution in [0.4, 0.5) is 22.0 Å². The van der Waals surface area contributed by atoms with Crippen LogP contribution in [0.25, 0.3) is 11.1 Å². The molecule has 3 aromatic rings. The number of alkyl halides is 2. The standard InChI is InChI=1S/C28H23F5O2/c1-34-15-18-4-11-27(35-16-18)21-7-6-19(24(29)14-21)5-2-17-3-9-22(25(30)12-17)20-8-10-23(28(32)33)26(31)13-20/h3,6-10,12-14,18,27-28H,4,11,15-16H2,1H3. The predicted octanol–water partition coefficient (Wildman–Crippen LogP) is 7.22. The molecule has 3 aromatic carbocycles. The van der Waals surface area contributed by atoms with Gasteiger partial charge in [0.1, 0.15) is 17.5 Å². The molecule has 0 aliphatic carbocycles. The van der Waals surface area contributed by atoms with Gasteiger partial charge in [0.25, 0.3) is 6.43 Å². The summed E-state index contributed by atoms with van der Waals surface area (Å²) in [5, 5.41) is 0. The van der Waals surface area contributed by atoms with Crippen molar-refractivity contribution in [3.8, 4) is 23.0 Å². The zero-order valence-corrected chi connectivity index (χ0v) is 19.0. The Morgan fingerprint density at radius 1 is 0.914 bits per heavy atom. The van der Waals surface area contributed by atoms with Crippen molar-refractivity contribution in [2.75, 3.05) is 20.3 Å². The van der Waals surface area contributed by atoms with Crippen molar-refractivity contribution in [2.24, 2.45) is 5.92 Å². The molecule has 1 saturated heterocycles. The van der Waals surface area contributed by atoms with Crippen molar-refractivity contribution in [1.82, 2.24) is 0 Å². The van der Waals surface area contributed by atoms with E-state index in [4.69, 9.17) is 9.47 Å². The molecule has 0 radical (unpaired) electrons. The van der Waals surface area contributed by atoms with Crippen molar-refractivity contribution in [2.45, 2.75) is 25.4 Å². The van der Waals surface area contributed by atoms with Gasteiger partial charge in [-0.2, -0.15) is 0 Å². The van der Waals surface area contributed by atoms with E-state index in [1.807, 2.05) is 0 Å². The van der Waals surface area contributed by atoms with Crippen molar-refractivity contribution >= 4 is 0 Å². The second-order valence-electron chi connectivity index (χ2n) is 8.44. The molecule has 0 N–H and O–H groups in total. The SMILES string of the molecule is COCC1CCC(c2ccc(C#Cc3ccc(-c4ccc(C(F)F)c(F)c4)c(F)c3)c(F)c2)OC1. The number of hydrogen-bond donors (Lipinski definition) is 0. The lowest BCUT2D eigenvalue weighted by Gasteiger charge is -2.29. The van der Waals surface area contributed by atoms with Gasteiger partial charge in [0.15, 0.2) is 0 Å². The number of hydrogen-bond acceptors (Lipinski definition) is 2. The van der Waals surface area contributed by atoms with Gasteiger partial charge in [0.2, 0.25) is 0 Å². The molecule has 0 spiro atoms. The first-order valence-electron chi connectivity index (χ1n) is 11.1. The monoisotopic (exact) mass is 486 g/mol. The quantitative estimate of drug-likeness (QED) is 0.280. The van der Waals surface area contributed by atoms with E-state index in [0.29, 0.717) is 24.7 Å². The first kappa shape index (κ1) is 24.9. The molecule has 4 rings (SSSR count). The smallest absolute Gasteiger partial charge is 0.266 e. The second kappa shape index (κ2) is 11.0. The van der Waals surface area contributed by atoms with E-state index in [9.17, 15) is 22.0 Å². The Morgan fingerprint density at radius 2 is 1.74 bits per heavy atom. The fourth-order valence-corrected chi connectivity index (χ4v) is 4.11. The topological polar surface area (TPSA) is 18.5 Å². The maximum Gasteiger partial charge on any atom is 0.266 e. The fourth-order valence-electron chi connectivity index (χ4n) is 4.11. The molecule has 0 saturated carbocycles. The van der Waals surface area contributed by atoms with E-state index in [2.05, 4.69) is 11.8 Å². The normalized spacial score (nSPS) is 17.8. The van der Waals surface area contributed by atoms with Crippen molar-refractivity contribution < 1.29 is 31.4 Å². The number of halogens is 5. The Balaban J connectivity index is 1.48. The highest BCUT2D eigenvalue weighted by Crippen LogP contribution is 2.32. The van der Waals surface area contributed by atoms with Gasteiger partial charge in [-0.15, -0.1) is 0 Å². The summed E-state index contributed by atoms with van der Waals surface area (Å²) in [7, 11) is 1.65. The second-order valence-corrected chi connectivity index (χ2v) is 8.44. The molecule has 0 amide bonds.